The highest BCUT2D eigenvalue weighted by molar-refractivity contribution is 6.31. The van der Waals surface area contributed by atoms with Crippen LogP contribution >= 0.6 is 11.6 Å². The molecule has 26 heavy (non-hydrogen) atoms. The Hall–Kier alpha value is -2.04. The SMILES string of the molecule is CCC(CC)(CNCc1cccc(OCc2ccccc2Cl)c1)C(=O)O. The Morgan fingerprint density at radius 1 is 1.15 bits per heavy atom. The molecular formula is C21H26ClNO3. The first-order valence-corrected chi connectivity index (χ1v) is 9.28. The number of hydrogen-bond acceptors (Lipinski definition) is 3. The number of benzene rings is 2. The highest BCUT2D eigenvalue weighted by Gasteiger charge is 2.34. The van der Waals surface area contributed by atoms with Crippen LogP contribution in [0.3, 0.4) is 0 Å². The molecule has 2 rings (SSSR count). The minimum atomic E-state index is -0.744. The molecule has 0 aliphatic heterocycles. The van der Waals surface area contributed by atoms with Crippen molar-refractivity contribution in [2.75, 3.05) is 6.54 Å². The van der Waals surface area contributed by atoms with Gasteiger partial charge in [0.2, 0.25) is 0 Å². The van der Waals surface area contributed by atoms with Crippen LogP contribution in [0.25, 0.3) is 0 Å². The summed E-state index contributed by atoms with van der Waals surface area (Å²) in [5.41, 5.74) is 1.28. The Labute approximate surface area is 160 Å². The smallest absolute Gasteiger partial charge is 0.310 e. The van der Waals surface area contributed by atoms with Crippen molar-refractivity contribution in [3.05, 3.63) is 64.7 Å². The van der Waals surface area contributed by atoms with Crippen LogP contribution in [-0.2, 0) is 17.9 Å². The zero-order valence-electron chi connectivity index (χ0n) is 15.3. The van der Waals surface area contributed by atoms with Crippen LogP contribution in [0.4, 0.5) is 0 Å². The third-order valence-electron chi connectivity index (χ3n) is 4.85. The van der Waals surface area contributed by atoms with Crippen molar-refractivity contribution in [3.8, 4) is 5.75 Å². The first kappa shape index (κ1) is 20.3. The Morgan fingerprint density at radius 3 is 2.54 bits per heavy atom. The molecule has 2 aromatic rings. The molecule has 0 heterocycles. The molecule has 4 nitrogen and oxygen atoms in total. The van der Waals surface area contributed by atoms with Crippen LogP contribution in [0.15, 0.2) is 48.5 Å². The number of carboxylic acid groups (broad SMARTS) is 1. The third-order valence-corrected chi connectivity index (χ3v) is 5.22. The number of rotatable bonds is 10. The normalized spacial score (nSPS) is 11.3. The predicted molar refractivity (Wildman–Crippen MR) is 105 cm³/mol. The van der Waals surface area contributed by atoms with E-state index in [1.54, 1.807) is 0 Å². The highest BCUT2D eigenvalue weighted by atomic mass is 35.5. The molecular weight excluding hydrogens is 350 g/mol. The van der Waals surface area contributed by atoms with Gasteiger partial charge in [-0.15, -0.1) is 0 Å². The molecule has 0 spiro atoms. The van der Waals surface area contributed by atoms with Gasteiger partial charge < -0.3 is 15.2 Å². The van der Waals surface area contributed by atoms with E-state index in [0.717, 1.165) is 16.9 Å². The molecule has 0 aliphatic rings. The van der Waals surface area contributed by atoms with Gasteiger partial charge in [0.1, 0.15) is 12.4 Å². The Kier molecular flexibility index (Phi) is 7.49. The number of carbonyl (C=O) groups is 1. The average molecular weight is 376 g/mol. The van der Waals surface area contributed by atoms with E-state index < -0.39 is 11.4 Å². The third kappa shape index (κ3) is 5.23. The molecule has 0 unspecified atom stereocenters. The van der Waals surface area contributed by atoms with Crippen molar-refractivity contribution in [3.63, 3.8) is 0 Å². The predicted octanol–water partition coefficient (Wildman–Crippen LogP) is 4.90. The van der Waals surface area contributed by atoms with Crippen LogP contribution in [0.2, 0.25) is 5.02 Å². The van der Waals surface area contributed by atoms with E-state index in [4.69, 9.17) is 16.3 Å². The first-order valence-electron chi connectivity index (χ1n) is 8.90. The fourth-order valence-electron chi connectivity index (χ4n) is 2.85. The van der Waals surface area contributed by atoms with Gasteiger partial charge in [-0.05, 0) is 36.6 Å². The first-order chi connectivity index (χ1) is 12.5. The molecule has 0 amide bonds. The topological polar surface area (TPSA) is 58.6 Å². The number of hydrogen-bond donors (Lipinski definition) is 2. The second-order valence-electron chi connectivity index (χ2n) is 6.42. The number of nitrogens with one attached hydrogen (secondary N) is 1. The van der Waals surface area contributed by atoms with Crippen molar-refractivity contribution in [1.82, 2.24) is 5.32 Å². The lowest BCUT2D eigenvalue weighted by Gasteiger charge is -2.27. The summed E-state index contributed by atoms with van der Waals surface area (Å²) < 4.78 is 5.84. The maximum Gasteiger partial charge on any atom is 0.310 e. The Morgan fingerprint density at radius 2 is 1.88 bits per heavy atom. The van der Waals surface area contributed by atoms with Crippen molar-refractivity contribution in [2.45, 2.75) is 39.8 Å². The molecule has 140 valence electrons. The fourth-order valence-corrected chi connectivity index (χ4v) is 3.04. The molecule has 5 heteroatoms. The summed E-state index contributed by atoms with van der Waals surface area (Å²) >= 11 is 6.15. The van der Waals surface area contributed by atoms with Crippen molar-refractivity contribution in [2.24, 2.45) is 5.41 Å². The van der Waals surface area contributed by atoms with Gasteiger partial charge in [0.05, 0.1) is 5.41 Å². The van der Waals surface area contributed by atoms with Gasteiger partial charge in [-0.2, -0.15) is 0 Å². The number of aliphatic carboxylic acids is 1. The molecule has 2 N–H and O–H groups in total. The monoisotopic (exact) mass is 375 g/mol. The van der Waals surface area contributed by atoms with E-state index in [2.05, 4.69) is 5.32 Å². The molecule has 0 bridgehead atoms. The molecule has 0 aliphatic carbocycles. The zero-order valence-corrected chi connectivity index (χ0v) is 16.1. The van der Waals surface area contributed by atoms with Crippen LogP contribution in [0, 0.1) is 5.41 Å². The standard InChI is InChI=1S/C21H26ClNO3/c1-3-21(4-2,20(24)25)15-23-13-16-8-7-10-18(12-16)26-14-17-9-5-6-11-19(17)22/h5-12,23H,3-4,13-15H2,1-2H3,(H,24,25). The fraction of sp³-hybridized carbons (Fsp3) is 0.381. The van der Waals surface area contributed by atoms with E-state index in [1.165, 1.54) is 0 Å². The largest absolute Gasteiger partial charge is 0.489 e. The zero-order chi connectivity index (χ0) is 19.0. The summed E-state index contributed by atoms with van der Waals surface area (Å²) in [5.74, 6) is 0.0199. The van der Waals surface area contributed by atoms with Crippen LogP contribution in [-0.4, -0.2) is 17.6 Å². The summed E-state index contributed by atoms with van der Waals surface area (Å²) in [6.45, 7) is 5.29. The molecule has 0 saturated heterocycles. The highest BCUT2D eigenvalue weighted by Crippen LogP contribution is 2.26. The van der Waals surface area contributed by atoms with E-state index in [-0.39, 0.29) is 0 Å². The van der Waals surface area contributed by atoms with Crippen LogP contribution in [0.5, 0.6) is 5.75 Å². The number of ether oxygens (including phenoxy) is 1. The lowest BCUT2D eigenvalue weighted by Crippen LogP contribution is -2.40. The lowest BCUT2D eigenvalue weighted by molar-refractivity contribution is -0.149. The Bertz CT molecular complexity index is 729. The summed E-state index contributed by atoms with van der Waals surface area (Å²) in [6, 6.07) is 15.4. The van der Waals surface area contributed by atoms with Gasteiger partial charge in [0.15, 0.2) is 0 Å². The second-order valence-corrected chi connectivity index (χ2v) is 6.83. The van der Waals surface area contributed by atoms with Crippen molar-refractivity contribution >= 4 is 17.6 Å². The van der Waals surface area contributed by atoms with Gasteiger partial charge in [-0.3, -0.25) is 4.79 Å². The summed E-state index contributed by atoms with van der Waals surface area (Å²) in [4.78, 5) is 11.6. The molecule has 0 radical (unpaired) electrons. The minimum absolute atomic E-state index is 0.407. The van der Waals surface area contributed by atoms with Crippen molar-refractivity contribution in [1.29, 1.82) is 0 Å². The van der Waals surface area contributed by atoms with E-state index in [9.17, 15) is 9.90 Å². The van der Waals surface area contributed by atoms with Gasteiger partial charge in [0, 0.05) is 23.7 Å². The molecule has 0 atom stereocenters. The molecule has 0 fully saturated rings. The van der Waals surface area contributed by atoms with Crippen molar-refractivity contribution < 1.29 is 14.6 Å². The average Bonchev–Trinajstić information content (AvgIpc) is 2.65. The maximum atomic E-state index is 11.6. The van der Waals surface area contributed by atoms with E-state index in [0.29, 0.717) is 37.6 Å². The summed E-state index contributed by atoms with van der Waals surface area (Å²) in [6.07, 6.45) is 1.21. The summed E-state index contributed by atoms with van der Waals surface area (Å²) in [5, 5.41) is 13.5. The molecule has 0 aromatic heterocycles. The second kappa shape index (κ2) is 9.60. The maximum absolute atomic E-state index is 11.6. The molecule has 0 saturated carbocycles. The van der Waals surface area contributed by atoms with E-state index >= 15 is 0 Å². The van der Waals surface area contributed by atoms with Crippen LogP contribution in [0.1, 0.15) is 37.8 Å². The van der Waals surface area contributed by atoms with Gasteiger partial charge >= 0.3 is 5.97 Å². The van der Waals surface area contributed by atoms with Gasteiger partial charge in [-0.25, -0.2) is 0 Å². The quantitative estimate of drug-likeness (QED) is 0.620. The molecule has 2 aromatic carbocycles. The van der Waals surface area contributed by atoms with Gasteiger partial charge in [-0.1, -0.05) is 55.8 Å². The lowest BCUT2D eigenvalue weighted by atomic mass is 9.82. The Balaban J connectivity index is 1.92. The van der Waals surface area contributed by atoms with Gasteiger partial charge in [0.25, 0.3) is 0 Å². The number of carboxylic acids is 1. The van der Waals surface area contributed by atoms with E-state index in [1.807, 2.05) is 62.4 Å². The number of halogens is 1. The van der Waals surface area contributed by atoms with Crippen LogP contribution < -0.4 is 10.1 Å². The summed E-state index contributed by atoms with van der Waals surface area (Å²) in [7, 11) is 0. The minimum Gasteiger partial charge on any atom is -0.489 e.